The maximum Gasteiger partial charge on any atom is 0.240 e. The lowest BCUT2D eigenvalue weighted by Gasteiger charge is -2.11. The number of hydrogen-bond acceptors (Lipinski definition) is 4. The first-order chi connectivity index (χ1) is 11.7. The second-order valence-electron chi connectivity index (χ2n) is 5.79. The van der Waals surface area contributed by atoms with Crippen molar-refractivity contribution in [3.63, 3.8) is 0 Å². The summed E-state index contributed by atoms with van der Waals surface area (Å²) in [7, 11) is -2.20. The lowest BCUT2D eigenvalue weighted by Crippen LogP contribution is -2.20. The molecule has 0 atom stereocenters. The van der Waals surface area contributed by atoms with Gasteiger partial charge in [-0.1, -0.05) is 23.8 Å². The minimum atomic E-state index is -3.56. The van der Waals surface area contributed by atoms with Crippen LogP contribution in [0, 0.1) is 20.8 Å². The Morgan fingerprint density at radius 1 is 1.04 bits per heavy atom. The topological polar surface area (TPSA) is 75.3 Å². The molecule has 2 aromatic rings. The molecule has 0 radical (unpaired) electrons. The molecule has 0 saturated carbocycles. The van der Waals surface area contributed by atoms with Gasteiger partial charge in [-0.2, -0.15) is 0 Å². The van der Waals surface area contributed by atoms with E-state index in [0.29, 0.717) is 11.3 Å². The van der Waals surface area contributed by atoms with Crippen molar-refractivity contribution in [3.8, 4) is 0 Å². The fraction of sp³-hybridized carbons (Fsp3) is 0.278. The summed E-state index contributed by atoms with van der Waals surface area (Å²) in [6, 6.07) is 11.0. The summed E-state index contributed by atoms with van der Waals surface area (Å²) in [5, 5.41) is 2.76. The highest BCUT2D eigenvalue weighted by atomic mass is 32.2. The zero-order valence-corrected chi connectivity index (χ0v) is 16.3. The van der Waals surface area contributed by atoms with Crippen LogP contribution < -0.4 is 10.0 Å². The normalized spacial score (nSPS) is 11.4. The van der Waals surface area contributed by atoms with Crippen LogP contribution in [0.4, 0.5) is 5.69 Å². The number of amides is 1. The Labute approximate surface area is 153 Å². The molecule has 0 fully saturated rings. The van der Waals surface area contributed by atoms with Crippen molar-refractivity contribution in [2.75, 3.05) is 18.1 Å². The maximum absolute atomic E-state index is 12.2. The number of rotatable bonds is 6. The van der Waals surface area contributed by atoms with Crippen molar-refractivity contribution < 1.29 is 13.2 Å². The van der Waals surface area contributed by atoms with E-state index in [0.717, 1.165) is 16.0 Å². The summed E-state index contributed by atoms with van der Waals surface area (Å²) in [6.45, 7) is 5.74. The predicted molar refractivity (Wildman–Crippen MR) is 103 cm³/mol. The zero-order chi connectivity index (χ0) is 18.6. The van der Waals surface area contributed by atoms with Crippen molar-refractivity contribution in [2.45, 2.75) is 30.6 Å². The molecular weight excluding hydrogens is 356 g/mol. The third-order valence-electron chi connectivity index (χ3n) is 3.73. The van der Waals surface area contributed by atoms with Gasteiger partial charge >= 0.3 is 0 Å². The fourth-order valence-electron chi connectivity index (χ4n) is 2.28. The van der Waals surface area contributed by atoms with E-state index in [1.54, 1.807) is 19.1 Å². The molecule has 2 N–H and O–H groups in total. The molecule has 25 heavy (non-hydrogen) atoms. The third-order valence-corrected chi connectivity index (χ3v) is 6.45. The number of benzene rings is 2. The van der Waals surface area contributed by atoms with Gasteiger partial charge < -0.3 is 5.32 Å². The predicted octanol–water partition coefficient (Wildman–Crippen LogP) is 3.25. The number of hydrogen-bond donors (Lipinski definition) is 2. The number of thioether (sulfide) groups is 1. The summed E-state index contributed by atoms with van der Waals surface area (Å²) < 4.78 is 26.3. The van der Waals surface area contributed by atoms with Crippen LogP contribution in [-0.4, -0.2) is 27.1 Å². The average molecular weight is 379 g/mol. The van der Waals surface area contributed by atoms with Crippen LogP contribution >= 0.6 is 11.8 Å². The Morgan fingerprint density at radius 2 is 1.72 bits per heavy atom. The molecule has 0 saturated heterocycles. The van der Waals surface area contributed by atoms with E-state index in [1.807, 2.05) is 26.0 Å². The molecule has 0 heterocycles. The van der Waals surface area contributed by atoms with Crippen molar-refractivity contribution in [3.05, 3.63) is 53.1 Å². The number of nitrogens with one attached hydrogen (secondary N) is 2. The Balaban J connectivity index is 2.08. The molecule has 0 aliphatic rings. The molecule has 0 aliphatic carbocycles. The molecule has 0 bridgehead atoms. The summed E-state index contributed by atoms with van der Waals surface area (Å²) in [4.78, 5) is 13.4. The number of carbonyl (C=O) groups is 1. The first-order valence-corrected chi connectivity index (χ1v) is 10.2. The fourth-order valence-corrected chi connectivity index (χ4v) is 4.20. The third kappa shape index (κ3) is 5.07. The minimum Gasteiger partial charge on any atom is -0.325 e. The standard InChI is InChI=1S/C18H22N2O3S2/c1-12-5-6-13(2)16(9-12)24-11-18(21)20-15-8-7-14(3)17(10-15)25(22,23)19-4/h5-10,19H,11H2,1-4H3,(H,20,21). The Kier molecular flexibility index (Phi) is 6.26. The van der Waals surface area contributed by atoms with E-state index in [9.17, 15) is 13.2 Å². The molecule has 2 rings (SSSR count). The lowest BCUT2D eigenvalue weighted by atomic mass is 10.2. The van der Waals surface area contributed by atoms with Crippen LogP contribution in [0.25, 0.3) is 0 Å². The first-order valence-electron chi connectivity index (χ1n) is 7.77. The quantitative estimate of drug-likeness (QED) is 0.757. The molecule has 134 valence electrons. The van der Waals surface area contributed by atoms with Crippen LogP contribution in [-0.2, 0) is 14.8 Å². The molecule has 2 aromatic carbocycles. The lowest BCUT2D eigenvalue weighted by molar-refractivity contribution is -0.113. The molecule has 0 aromatic heterocycles. The van der Waals surface area contributed by atoms with E-state index in [2.05, 4.69) is 16.1 Å². The summed E-state index contributed by atoms with van der Waals surface area (Å²) in [5.74, 6) is 0.0781. The van der Waals surface area contributed by atoms with Crippen LogP contribution in [0.1, 0.15) is 16.7 Å². The second kappa shape index (κ2) is 8.03. The monoisotopic (exact) mass is 378 g/mol. The molecule has 1 amide bonds. The largest absolute Gasteiger partial charge is 0.325 e. The molecule has 7 heteroatoms. The maximum atomic E-state index is 12.2. The van der Waals surface area contributed by atoms with Gasteiger partial charge in [-0.3, -0.25) is 4.79 Å². The average Bonchev–Trinajstić information content (AvgIpc) is 2.57. The van der Waals surface area contributed by atoms with Gasteiger partial charge in [0.25, 0.3) is 0 Å². The SMILES string of the molecule is CNS(=O)(=O)c1cc(NC(=O)CSc2cc(C)ccc2C)ccc1C. The van der Waals surface area contributed by atoms with E-state index >= 15 is 0 Å². The van der Waals surface area contributed by atoms with Crippen molar-refractivity contribution >= 4 is 33.4 Å². The van der Waals surface area contributed by atoms with Crippen LogP contribution in [0.15, 0.2) is 46.2 Å². The van der Waals surface area contributed by atoms with Gasteiger partial charge in [0, 0.05) is 10.6 Å². The Morgan fingerprint density at radius 3 is 2.40 bits per heavy atom. The highest BCUT2D eigenvalue weighted by Gasteiger charge is 2.16. The number of carbonyl (C=O) groups excluding carboxylic acids is 1. The number of sulfonamides is 1. The van der Waals surface area contributed by atoms with Gasteiger partial charge in [0.2, 0.25) is 15.9 Å². The molecule has 0 unspecified atom stereocenters. The highest BCUT2D eigenvalue weighted by molar-refractivity contribution is 8.00. The Bertz CT molecular complexity index is 893. The molecular formula is C18H22N2O3S2. The molecule has 0 spiro atoms. The summed E-state index contributed by atoms with van der Waals surface area (Å²) in [6.07, 6.45) is 0. The van der Waals surface area contributed by atoms with Gasteiger partial charge in [0.05, 0.1) is 10.6 Å². The van der Waals surface area contributed by atoms with E-state index in [4.69, 9.17) is 0 Å². The minimum absolute atomic E-state index is 0.162. The number of aryl methyl sites for hydroxylation is 3. The van der Waals surface area contributed by atoms with Gasteiger partial charge in [0.15, 0.2) is 0 Å². The van der Waals surface area contributed by atoms with Crippen LogP contribution in [0.3, 0.4) is 0 Å². The van der Waals surface area contributed by atoms with E-state index < -0.39 is 10.0 Å². The number of anilines is 1. The van der Waals surface area contributed by atoms with Crippen LogP contribution in [0.2, 0.25) is 0 Å². The van der Waals surface area contributed by atoms with Gasteiger partial charge in [-0.15, -0.1) is 11.8 Å². The Hall–Kier alpha value is -1.83. The van der Waals surface area contributed by atoms with Gasteiger partial charge in [-0.05, 0) is 57.1 Å². The zero-order valence-electron chi connectivity index (χ0n) is 14.7. The highest BCUT2D eigenvalue weighted by Crippen LogP contribution is 2.24. The smallest absolute Gasteiger partial charge is 0.240 e. The van der Waals surface area contributed by atoms with Crippen molar-refractivity contribution in [1.29, 1.82) is 0 Å². The van der Waals surface area contributed by atoms with Crippen molar-refractivity contribution in [1.82, 2.24) is 4.72 Å². The molecule has 5 nitrogen and oxygen atoms in total. The van der Waals surface area contributed by atoms with Gasteiger partial charge in [-0.25, -0.2) is 13.1 Å². The summed E-state index contributed by atoms with van der Waals surface area (Å²) in [5.41, 5.74) is 3.36. The van der Waals surface area contributed by atoms with E-state index in [-0.39, 0.29) is 16.6 Å². The van der Waals surface area contributed by atoms with Crippen molar-refractivity contribution in [2.24, 2.45) is 0 Å². The first kappa shape index (κ1) is 19.5. The molecule has 0 aliphatic heterocycles. The summed E-state index contributed by atoms with van der Waals surface area (Å²) >= 11 is 1.46. The van der Waals surface area contributed by atoms with E-state index in [1.165, 1.54) is 24.9 Å². The van der Waals surface area contributed by atoms with Gasteiger partial charge in [0.1, 0.15) is 0 Å². The second-order valence-corrected chi connectivity index (χ2v) is 8.67. The van der Waals surface area contributed by atoms with Crippen LogP contribution in [0.5, 0.6) is 0 Å².